The molecule has 1 N–H and O–H groups in total. The second kappa shape index (κ2) is 5.57. The van der Waals surface area contributed by atoms with Gasteiger partial charge in [-0.3, -0.25) is 9.59 Å². The first-order valence-corrected chi connectivity index (χ1v) is 7.10. The van der Waals surface area contributed by atoms with Gasteiger partial charge in [-0.25, -0.2) is 10.00 Å². The molecule has 1 aliphatic heterocycles. The second-order valence-electron chi connectivity index (χ2n) is 4.37. The molecule has 0 aliphatic carbocycles. The fourth-order valence-corrected chi connectivity index (χ4v) is 3.17. The van der Waals surface area contributed by atoms with Gasteiger partial charge in [-0.1, -0.05) is 6.07 Å². The number of nitrogens with one attached hydrogen (secondary N) is 1. The lowest BCUT2D eigenvalue weighted by atomic mass is 10.3. The molecule has 0 radical (unpaired) electrons. The van der Waals surface area contributed by atoms with Crippen LogP contribution in [0.1, 0.15) is 6.42 Å². The molecule has 7 nitrogen and oxygen atoms in total. The lowest BCUT2D eigenvalue weighted by Crippen LogP contribution is -2.32. The molecule has 0 bridgehead atoms. The van der Waals surface area contributed by atoms with Gasteiger partial charge in [0.25, 0.3) is 0 Å². The van der Waals surface area contributed by atoms with Crippen molar-refractivity contribution in [3.63, 3.8) is 0 Å². The molecule has 1 atom stereocenters. The molecule has 2 aromatic rings. The number of methoxy groups -OCH3 is 1. The summed E-state index contributed by atoms with van der Waals surface area (Å²) in [5.74, 6) is 0.310. The van der Waals surface area contributed by atoms with Gasteiger partial charge >= 0.3 is 0 Å². The van der Waals surface area contributed by atoms with Crippen molar-refractivity contribution in [2.24, 2.45) is 0 Å². The Morgan fingerprint density at radius 3 is 3.00 bits per heavy atom. The van der Waals surface area contributed by atoms with Crippen molar-refractivity contribution < 1.29 is 14.3 Å². The van der Waals surface area contributed by atoms with Gasteiger partial charge < -0.3 is 4.74 Å². The van der Waals surface area contributed by atoms with E-state index in [1.165, 1.54) is 18.1 Å². The van der Waals surface area contributed by atoms with E-state index in [1.807, 2.05) is 24.3 Å². The average Bonchev–Trinajstić information content (AvgIpc) is 3.08. The van der Waals surface area contributed by atoms with Gasteiger partial charge in [-0.15, -0.1) is 11.8 Å². The summed E-state index contributed by atoms with van der Waals surface area (Å²) in [6, 6.07) is 7.38. The molecule has 1 aromatic carbocycles. The minimum Gasteiger partial charge on any atom is -0.497 e. The van der Waals surface area contributed by atoms with E-state index >= 15 is 0 Å². The van der Waals surface area contributed by atoms with Gasteiger partial charge in [-0.05, 0) is 18.2 Å². The maximum atomic E-state index is 12.3. The van der Waals surface area contributed by atoms with E-state index in [0.29, 0.717) is 5.75 Å². The van der Waals surface area contributed by atoms with Gasteiger partial charge in [0.15, 0.2) is 0 Å². The number of carbonyl (C=O) groups excluding carboxylic acids is 2. The number of thioether (sulfide) groups is 1. The van der Waals surface area contributed by atoms with Crippen molar-refractivity contribution in [3.8, 4) is 5.75 Å². The van der Waals surface area contributed by atoms with Crippen LogP contribution in [0, 0.1) is 0 Å². The van der Waals surface area contributed by atoms with Crippen molar-refractivity contribution >= 4 is 29.5 Å². The smallest absolute Gasteiger partial charge is 0.250 e. The number of imide groups is 1. The maximum Gasteiger partial charge on any atom is 0.250 e. The fourth-order valence-electron chi connectivity index (χ4n) is 2.06. The SMILES string of the molecule is COc1cccc(SC2CC(=O)N(c3ncn[nH]3)C2=O)c1. The number of hydrogen-bond donors (Lipinski definition) is 1. The van der Waals surface area contributed by atoms with Gasteiger partial charge in [0, 0.05) is 11.3 Å². The van der Waals surface area contributed by atoms with Gasteiger partial charge in [0.2, 0.25) is 17.8 Å². The zero-order chi connectivity index (χ0) is 14.8. The molecule has 21 heavy (non-hydrogen) atoms. The minimum absolute atomic E-state index is 0.140. The van der Waals surface area contributed by atoms with Crippen molar-refractivity contribution in [2.45, 2.75) is 16.6 Å². The lowest BCUT2D eigenvalue weighted by molar-refractivity contribution is -0.121. The summed E-state index contributed by atoms with van der Waals surface area (Å²) in [6.45, 7) is 0. The van der Waals surface area contributed by atoms with Crippen LogP contribution in [0.5, 0.6) is 5.75 Å². The summed E-state index contributed by atoms with van der Waals surface area (Å²) in [5, 5.41) is 5.74. The highest BCUT2D eigenvalue weighted by molar-refractivity contribution is 8.00. The molecule has 0 spiro atoms. The molecule has 1 aliphatic rings. The van der Waals surface area contributed by atoms with Crippen LogP contribution in [-0.4, -0.2) is 39.4 Å². The average molecular weight is 304 g/mol. The third kappa shape index (κ3) is 2.62. The first-order valence-electron chi connectivity index (χ1n) is 6.22. The largest absolute Gasteiger partial charge is 0.497 e. The molecule has 1 aromatic heterocycles. The first kappa shape index (κ1) is 13.6. The van der Waals surface area contributed by atoms with E-state index in [0.717, 1.165) is 9.80 Å². The molecule has 8 heteroatoms. The highest BCUT2D eigenvalue weighted by Gasteiger charge is 2.41. The monoisotopic (exact) mass is 304 g/mol. The number of ether oxygens (including phenoxy) is 1. The van der Waals surface area contributed by atoms with Gasteiger partial charge in [-0.2, -0.15) is 10.1 Å². The number of hydrogen-bond acceptors (Lipinski definition) is 6. The van der Waals surface area contributed by atoms with Crippen molar-refractivity contribution in [2.75, 3.05) is 12.0 Å². The van der Waals surface area contributed by atoms with Crippen molar-refractivity contribution in [1.29, 1.82) is 0 Å². The molecule has 2 amide bonds. The first-order chi connectivity index (χ1) is 10.2. The van der Waals surface area contributed by atoms with E-state index in [1.54, 1.807) is 7.11 Å². The molecular weight excluding hydrogens is 292 g/mol. The Labute approximate surface area is 124 Å². The van der Waals surface area contributed by atoms with Gasteiger partial charge in [0.1, 0.15) is 12.1 Å². The summed E-state index contributed by atoms with van der Waals surface area (Å²) in [5.41, 5.74) is 0. The number of nitrogens with zero attached hydrogens (tertiary/aromatic N) is 3. The third-order valence-corrected chi connectivity index (χ3v) is 4.22. The Balaban J connectivity index is 1.78. The van der Waals surface area contributed by atoms with E-state index in [2.05, 4.69) is 15.2 Å². The van der Waals surface area contributed by atoms with Crippen LogP contribution < -0.4 is 9.64 Å². The van der Waals surface area contributed by atoms with Crippen LogP contribution in [0.2, 0.25) is 0 Å². The van der Waals surface area contributed by atoms with E-state index in [9.17, 15) is 9.59 Å². The summed E-state index contributed by atoms with van der Waals surface area (Å²) in [4.78, 5) is 30.1. The van der Waals surface area contributed by atoms with Crippen molar-refractivity contribution in [1.82, 2.24) is 15.2 Å². The number of benzene rings is 1. The number of carbonyl (C=O) groups is 2. The predicted octanol–water partition coefficient (Wildman–Crippen LogP) is 1.24. The number of amides is 2. The molecule has 3 rings (SSSR count). The van der Waals surface area contributed by atoms with Crippen LogP contribution in [-0.2, 0) is 9.59 Å². The normalized spacial score (nSPS) is 18.3. The predicted molar refractivity (Wildman–Crippen MR) is 76.1 cm³/mol. The lowest BCUT2D eigenvalue weighted by Gasteiger charge is -2.11. The fraction of sp³-hybridized carbons (Fsp3) is 0.231. The molecule has 1 fully saturated rings. The molecule has 0 saturated carbocycles. The molecule has 1 saturated heterocycles. The highest BCUT2D eigenvalue weighted by Crippen LogP contribution is 2.33. The van der Waals surface area contributed by atoms with Crippen LogP contribution >= 0.6 is 11.8 Å². The standard InChI is InChI=1S/C13H12N4O3S/c1-20-8-3-2-4-9(5-8)21-10-6-11(18)17(12(10)19)13-14-7-15-16-13/h2-5,7,10H,6H2,1H3,(H,14,15,16). The topological polar surface area (TPSA) is 88.2 Å². The molecule has 1 unspecified atom stereocenters. The van der Waals surface area contributed by atoms with Gasteiger partial charge in [0.05, 0.1) is 12.4 Å². The Morgan fingerprint density at radius 2 is 2.29 bits per heavy atom. The Bertz CT molecular complexity index is 674. The Morgan fingerprint density at radius 1 is 1.43 bits per heavy atom. The number of aromatic amines is 1. The van der Waals surface area contributed by atoms with Crippen LogP contribution in [0.3, 0.4) is 0 Å². The van der Waals surface area contributed by atoms with Crippen LogP contribution in [0.25, 0.3) is 0 Å². The summed E-state index contributed by atoms with van der Waals surface area (Å²) < 4.78 is 5.15. The minimum atomic E-state index is -0.463. The number of rotatable bonds is 4. The van der Waals surface area contributed by atoms with Crippen molar-refractivity contribution in [3.05, 3.63) is 30.6 Å². The van der Waals surface area contributed by atoms with E-state index in [-0.39, 0.29) is 24.2 Å². The second-order valence-corrected chi connectivity index (χ2v) is 5.64. The molecular formula is C13H12N4O3S. The summed E-state index contributed by atoms with van der Waals surface area (Å²) >= 11 is 1.34. The highest BCUT2D eigenvalue weighted by atomic mass is 32.2. The van der Waals surface area contributed by atoms with Crippen LogP contribution in [0.15, 0.2) is 35.5 Å². The quantitative estimate of drug-likeness (QED) is 0.855. The third-order valence-electron chi connectivity index (χ3n) is 3.04. The van der Waals surface area contributed by atoms with E-state index < -0.39 is 5.25 Å². The zero-order valence-corrected chi connectivity index (χ0v) is 12.0. The maximum absolute atomic E-state index is 12.3. The molecule has 108 valence electrons. The summed E-state index contributed by atoms with van der Waals surface area (Å²) in [6.07, 6.45) is 1.40. The number of H-pyrrole nitrogens is 1. The number of anilines is 1. The molecule has 2 heterocycles. The zero-order valence-electron chi connectivity index (χ0n) is 11.1. The van der Waals surface area contributed by atoms with E-state index in [4.69, 9.17) is 4.74 Å². The number of aromatic nitrogens is 3. The van der Waals surface area contributed by atoms with Crippen LogP contribution in [0.4, 0.5) is 5.95 Å². The Hall–Kier alpha value is -2.35. The summed E-state index contributed by atoms with van der Waals surface area (Å²) in [7, 11) is 1.58. The Kier molecular flexibility index (Phi) is 3.61.